The highest BCUT2D eigenvalue weighted by molar-refractivity contribution is 5.18. The molecule has 0 aromatic rings. The number of epoxide rings is 1. The van der Waals surface area contributed by atoms with Gasteiger partial charge in [0.05, 0.1) is 6.61 Å². The van der Waals surface area contributed by atoms with Crippen LogP contribution in [0.15, 0.2) is 49.3 Å². The first-order valence-corrected chi connectivity index (χ1v) is 4.23. The number of rotatable bonds is 6. The maximum Gasteiger partial charge on any atom is 0.118 e. The zero-order valence-corrected chi connectivity index (χ0v) is 7.61. The van der Waals surface area contributed by atoms with Gasteiger partial charge in [0.2, 0.25) is 0 Å². The first-order chi connectivity index (χ1) is 6.36. The van der Waals surface area contributed by atoms with E-state index in [0.29, 0.717) is 6.61 Å². The Balaban J connectivity index is 2.30. The van der Waals surface area contributed by atoms with Crippen molar-refractivity contribution in [1.82, 2.24) is 0 Å². The Morgan fingerprint density at radius 3 is 2.77 bits per heavy atom. The van der Waals surface area contributed by atoms with E-state index in [1.54, 1.807) is 12.2 Å². The molecule has 0 radical (unpaired) electrons. The zero-order valence-electron chi connectivity index (χ0n) is 7.61. The van der Waals surface area contributed by atoms with Crippen LogP contribution in [-0.2, 0) is 9.47 Å². The van der Waals surface area contributed by atoms with Gasteiger partial charge in [-0.05, 0) is 12.2 Å². The lowest BCUT2D eigenvalue weighted by atomic mass is 10.4. The van der Waals surface area contributed by atoms with Crippen LogP contribution in [0.2, 0.25) is 0 Å². The summed E-state index contributed by atoms with van der Waals surface area (Å²) in [4.78, 5) is 0. The second-order valence-electron chi connectivity index (χ2n) is 2.66. The van der Waals surface area contributed by atoms with Crippen molar-refractivity contribution in [3.8, 4) is 0 Å². The maximum absolute atomic E-state index is 5.39. The second-order valence-corrected chi connectivity index (χ2v) is 2.66. The fourth-order valence-electron chi connectivity index (χ4n) is 0.757. The number of allylic oxidation sites excluding steroid dienone is 5. The van der Waals surface area contributed by atoms with E-state index >= 15 is 0 Å². The fourth-order valence-corrected chi connectivity index (χ4v) is 0.757. The van der Waals surface area contributed by atoms with Gasteiger partial charge in [-0.1, -0.05) is 31.4 Å². The topological polar surface area (TPSA) is 21.8 Å². The molecule has 70 valence electrons. The van der Waals surface area contributed by atoms with Crippen molar-refractivity contribution in [3.63, 3.8) is 0 Å². The van der Waals surface area contributed by atoms with Crippen LogP contribution < -0.4 is 0 Å². The van der Waals surface area contributed by atoms with Crippen LogP contribution in [0.1, 0.15) is 0 Å². The molecular formula is C11H14O2. The van der Waals surface area contributed by atoms with Crippen molar-refractivity contribution in [2.75, 3.05) is 13.2 Å². The average Bonchev–Trinajstić information content (AvgIpc) is 2.94. The van der Waals surface area contributed by atoms with Crippen molar-refractivity contribution in [3.05, 3.63) is 49.3 Å². The van der Waals surface area contributed by atoms with Crippen molar-refractivity contribution in [2.24, 2.45) is 0 Å². The summed E-state index contributed by atoms with van der Waals surface area (Å²) in [5, 5.41) is 0. The van der Waals surface area contributed by atoms with Crippen LogP contribution in [0.25, 0.3) is 0 Å². The normalized spacial score (nSPS) is 21.5. The molecule has 1 atom stereocenters. The molecule has 1 aliphatic heterocycles. The van der Waals surface area contributed by atoms with Crippen molar-refractivity contribution >= 4 is 0 Å². The molecule has 0 aromatic heterocycles. The monoisotopic (exact) mass is 178 g/mol. The molecule has 1 heterocycles. The van der Waals surface area contributed by atoms with E-state index in [2.05, 4.69) is 13.2 Å². The standard InChI is InChI=1S/C11H14O2/c1-3-5-6-7-10(4-2)12-8-11-9-13-11/h3-7,11H,1-2,8-9H2/b6-5-,10-7+. The second kappa shape index (κ2) is 5.38. The van der Waals surface area contributed by atoms with Crippen LogP contribution >= 0.6 is 0 Å². The smallest absolute Gasteiger partial charge is 0.118 e. The largest absolute Gasteiger partial charge is 0.491 e. The van der Waals surface area contributed by atoms with Gasteiger partial charge in [-0.2, -0.15) is 0 Å². The summed E-state index contributed by atoms with van der Waals surface area (Å²) in [6.07, 6.45) is 9.21. The quantitative estimate of drug-likeness (QED) is 0.353. The minimum atomic E-state index is 0.284. The van der Waals surface area contributed by atoms with E-state index in [-0.39, 0.29) is 6.10 Å². The van der Waals surface area contributed by atoms with Crippen LogP contribution in [-0.4, -0.2) is 19.3 Å². The van der Waals surface area contributed by atoms with E-state index in [1.165, 1.54) is 0 Å². The molecule has 0 spiro atoms. The van der Waals surface area contributed by atoms with Gasteiger partial charge in [-0.3, -0.25) is 0 Å². The maximum atomic E-state index is 5.39. The van der Waals surface area contributed by atoms with E-state index < -0.39 is 0 Å². The summed E-state index contributed by atoms with van der Waals surface area (Å²) in [5.74, 6) is 0.758. The summed E-state index contributed by atoms with van der Waals surface area (Å²) in [6.45, 7) is 8.63. The third-order valence-corrected chi connectivity index (χ3v) is 1.55. The van der Waals surface area contributed by atoms with Gasteiger partial charge in [0.15, 0.2) is 0 Å². The Kier molecular flexibility index (Phi) is 4.06. The molecule has 1 rings (SSSR count). The summed E-state index contributed by atoms with van der Waals surface area (Å²) < 4.78 is 10.4. The highest BCUT2D eigenvalue weighted by atomic mass is 16.6. The molecule has 2 heteroatoms. The first kappa shape index (κ1) is 9.81. The van der Waals surface area contributed by atoms with Crippen LogP contribution in [0.5, 0.6) is 0 Å². The predicted molar refractivity (Wildman–Crippen MR) is 53.3 cm³/mol. The lowest BCUT2D eigenvalue weighted by Crippen LogP contribution is -1.99. The van der Waals surface area contributed by atoms with Gasteiger partial charge in [0.1, 0.15) is 18.5 Å². The molecule has 1 saturated heterocycles. The van der Waals surface area contributed by atoms with Gasteiger partial charge >= 0.3 is 0 Å². The van der Waals surface area contributed by atoms with Gasteiger partial charge < -0.3 is 9.47 Å². The summed E-state index contributed by atoms with van der Waals surface area (Å²) in [5.41, 5.74) is 0. The molecule has 1 unspecified atom stereocenters. The highest BCUT2D eigenvalue weighted by Gasteiger charge is 2.22. The van der Waals surface area contributed by atoms with E-state index in [9.17, 15) is 0 Å². The molecule has 0 aromatic carbocycles. The lowest BCUT2D eigenvalue weighted by Gasteiger charge is -2.02. The minimum Gasteiger partial charge on any atom is -0.491 e. The molecule has 1 fully saturated rings. The Hall–Kier alpha value is -1.28. The van der Waals surface area contributed by atoms with Crippen molar-refractivity contribution in [2.45, 2.75) is 6.10 Å². The highest BCUT2D eigenvalue weighted by Crippen LogP contribution is 2.11. The number of ether oxygens (including phenoxy) is 2. The Morgan fingerprint density at radius 1 is 1.46 bits per heavy atom. The van der Waals surface area contributed by atoms with Crippen molar-refractivity contribution in [1.29, 1.82) is 0 Å². The summed E-state index contributed by atoms with van der Waals surface area (Å²) in [6, 6.07) is 0. The number of hydrogen-bond acceptors (Lipinski definition) is 2. The Bertz CT molecular complexity index is 234. The molecule has 13 heavy (non-hydrogen) atoms. The molecule has 0 bridgehead atoms. The third kappa shape index (κ3) is 4.33. The molecular weight excluding hydrogens is 164 g/mol. The third-order valence-electron chi connectivity index (χ3n) is 1.55. The van der Waals surface area contributed by atoms with Crippen LogP contribution in [0, 0.1) is 0 Å². The van der Waals surface area contributed by atoms with Crippen LogP contribution in [0.3, 0.4) is 0 Å². The van der Waals surface area contributed by atoms with Gasteiger partial charge in [-0.15, -0.1) is 0 Å². The van der Waals surface area contributed by atoms with E-state index in [4.69, 9.17) is 9.47 Å². The van der Waals surface area contributed by atoms with Gasteiger partial charge in [0, 0.05) is 0 Å². The fraction of sp³-hybridized carbons (Fsp3) is 0.273. The van der Waals surface area contributed by atoms with Crippen LogP contribution in [0.4, 0.5) is 0 Å². The minimum absolute atomic E-state index is 0.284. The SMILES string of the molecule is C=C/C=C\C=C(/C=C)OCC1CO1. The molecule has 2 nitrogen and oxygen atoms in total. The molecule has 0 N–H and O–H groups in total. The lowest BCUT2D eigenvalue weighted by molar-refractivity contribution is 0.193. The van der Waals surface area contributed by atoms with Gasteiger partial charge in [-0.25, -0.2) is 0 Å². The van der Waals surface area contributed by atoms with E-state index in [1.807, 2.05) is 18.2 Å². The summed E-state index contributed by atoms with van der Waals surface area (Å²) in [7, 11) is 0. The average molecular weight is 178 g/mol. The molecule has 0 saturated carbocycles. The van der Waals surface area contributed by atoms with Crippen molar-refractivity contribution < 1.29 is 9.47 Å². The van der Waals surface area contributed by atoms with Gasteiger partial charge in [0.25, 0.3) is 0 Å². The predicted octanol–water partition coefficient (Wildman–Crippen LogP) is 2.21. The van der Waals surface area contributed by atoms with E-state index in [0.717, 1.165) is 12.4 Å². The molecule has 1 aliphatic rings. The Labute approximate surface area is 78.9 Å². The Morgan fingerprint density at radius 2 is 2.23 bits per heavy atom. The first-order valence-electron chi connectivity index (χ1n) is 4.23. The zero-order chi connectivity index (χ0) is 9.52. The summed E-state index contributed by atoms with van der Waals surface area (Å²) >= 11 is 0. The number of hydrogen-bond donors (Lipinski definition) is 0. The molecule has 0 amide bonds. The molecule has 0 aliphatic carbocycles.